The molecule has 0 saturated heterocycles. The van der Waals surface area contributed by atoms with Crippen LogP contribution in [0.3, 0.4) is 0 Å². The second kappa shape index (κ2) is 14.1. The SMILES string of the molecule is CCCCN(CCC[N+](C)(C)Cc1cccc(C)c1)c1cc(C=C2Sc3ccccc3N2C)c2ccccc2[n+]1-c1ccccc1. The summed E-state index contributed by atoms with van der Waals surface area (Å²) in [5, 5.41) is 2.52. The molecular weight excluding hydrogens is 581 g/mol. The second-order valence-electron chi connectivity index (χ2n) is 13.3. The van der Waals surface area contributed by atoms with Gasteiger partial charge in [-0.15, -0.1) is 0 Å². The average Bonchev–Trinajstić information content (AvgIpc) is 3.37. The lowest BCUT2D eigenvalue weighted by molar-refractivity contribution is -0.903. The smallest absolute Gasteiger partial charge is 0.282 e. The van der Waals surface area contributed by atoms with Gasteiger partial charge in [-0.25, -0.2) is 0 Å². The van der Waals surface area contributed by atoms with Gasteiger partial charge in [-0.05, 0) is 55.3 Å². The molecule has 4 aromatic carbocycles. The van der Waals surface area contributed by atoms with E-state index in [-0.39, 0.29) is 0 Å². The van der Waals surface area contributed by atoms with Crippen LogP contribution < -0.4 is 14.4 Å². The van der Waals surface area contributed by atoms with E-state index < -0.39 is 0 Å². The van der Waals surface area contributed by atoms with Gasteiger partial charge in [0.05, 0.1) is 44.4 Å². The lowest BCUT2D eigenvalue weighted by atomic mass is 10.1. The Bertz CT molecular complexity index is 1830. The Balaban J connectivity index is 1.39. The highest BCUT2D eigenvalue weighted by Gasteiger charge is 2.27. The fourth-order valence-electron chi connectivity index (χ4n) is 6.66. The molecule has 236 valence electrons. The zero-order chi connectivity index (χ0) is 32.1. The molecule has 4 nitrogen and oxygen atoms in total. The van der Waals surface area contributed by atoms with Gasteiger partial charge in [0.25, 0.3) is 5.82 Å². The number of anilines is 2. The average molecular weight is 629 g/mol. The molecule has 0 atom stereocenters. The minimum absolute atomic E-state index is 0.975. The molecule has 0 saturated carbocycles. The van der Waals surface area contributed by atoms with Crippen molar-refractivity contribution in [1.29, 1.82) is 0 Å². The number of thioether (sulfide) groups is 1. The molecule has 0 amide bonds. The minimum Gasteiger partial charge on any atom is -0.338 e. The summed E-state index contributed by atoms with van der Waals surface area (Å²) in [6.45, 7) is 8.69. The van der Waals surface area contributed by atoms with Crippen LogP contribution in [0, 0.1) is 6.92 Å². The van der Waals surface area contributed by atoms with Crippen LogP contribution in [-0.4, -0.2) is 45.3 Å². The quantitative estimate of drug-likeness (QED) is 0.101. The molecule has 0 bridgehead atoms. The molecule has 1 aliphatic heterocycles. The third kappa shape index (κ3) is 7.16. The van der Waals surface area contributed by atoms with Crippen molar-refractivity contribution >= 4 is 40.2 Å². The van der Waals surface area contributed by atoms with E-state index in [1.165, 1.54) is 61.1 Å². The predicted molar refractivity (Wildman–Crippen MR) is 198 cm³/mol. The molecule has 0 fully saturated rings. The molecule has 6 rings (SSSR count). The van der Waals surface area contributed by atoms with E-state index in [4.69, 9.17) is 0 Å². The Morgan fingerprint density at radius 2 is 1.57 bits per heavy atom. The van der Waals surface area contributed by atoms with Gasteiger partial charge >= 0.3 is 0 Å². The van der Waals surface area contributed by atoms with Crippen molar-refractivity contribution in [2.24, 2.45) is 0 Å². The molecule has 0 radical (unpaired) electrons. The molecule has 0 spiro atoms. The monoisotopic (exact) mass is 628 g/mol. The van der Waals surface area contributed by atoms with Gasteiger partial charge in [0, 0.05) is 35.4 Å². The Kier molecular flexibility index (Phi) is 9.81. The van der Waals surface area contributed by atoms with E-state index in [2.05, 4.69) is 165 Å². The van der Waals surface area contributed by atoms with Crippen molar-refractivity contribution in [3.05, 3.63) is 131 Å². The third-order valence-electron chi connectivity index (χ3n) is 9.02. The standard InChI is InChI=1S/C41H48N4S/c1-6-7-25-43(26-16-27-45(4,5)31-33-18-15-17-32(2)28-33)40-29-34(30-41-42(3)38-23-13-14-24-39(38)46-41)36-21-11-12-22-37(36)44(40)35-19-9-8-10-20-35/h8-15,17-24,28-30H,6-7,16,25-27,31H2,1-5H3/q+2. The fourth-order valence-corrected chi connectivity index (χ4v) is 7.76. The van der Waals surface area contributed by atoms with E-state index in [9.17, 15) is 0 Å². The Labute approximate surface area is 280 Å². The highest BCUT2D eigenvalue weighted by Crippen LogP contribution is 2.45. The minimum atomic E-state index is 0.975. The van der Waals surface area contributed by atoms with Gasteiger partial charge in [-0.1, -0.05) is 103 Å². The molecule has 1 aromatic heterocycles. The van der Waals surface area contributed by atoms with Gasteiger partial charge in [0.1, 0.15) is 17.7 Å². The van der Waals surface area contributed by atoms with Crippen LogP contribution in [0.1, 0.15) is 42.9 Å². The topological polar surface area (TPSA) is 10.4 Å². The lowest BCUT2D eigenvalue weighted by Gasteiger charge is -2.31. The van der Waals surface area contributed by atoms with Crippen LogP contribution in [0.25, 0.3) is 22.7 Å². The molecule has 0 unspecified atom stereocenters. The van der Waals surface area contributed by atoms with Gasteiger partial charge in [-0.2, -0.15) is 4.57 Å². The highest BCUT2D eigenvalue weighted by molar-refractivity contribution is 8.03. The number of hydrogen-bond acceptors (Lipinski definition) is 3. The van der Waals surface area contributed by atoms with Crippen LogP contribution in [-0.2, 0) is 6.54 Å². The summed E-state index contributed by atoms with van der Waals surface area (Å²) in [7, 11) is 6.93. The molecule has 46 heavy (non-hydrogen) atoms. The number of rotatable bonds is 12. The maximum Gasteiger partial charge on any atom is 0.282 e. The summed E-state index contributed by atoms with van der Waals surface area (Å²) in [6.07, 6.45) is 5.84. The van der Waals surface area contributed by atoms with E-state index in [0.29, 0.717) is 0 Å². The predicted octanol–water partition coefficient (Wildman–Crippen LogP) is 9.24. The van der Waals surface area contributed by atoms with Crippen molar-refractivity contribution < 1.29 is 9.05 Å². The first kappa shape index (κ1) is 31.9. The van der Waals surface area contributed by atoms with Gasteiger partial charge in [0.2, 0.25) is 0 Å². The molecule has 0 aliphatic carbocycles. The maximum absolute atomic E-state index is 2.65. The van der Waals surface area contributed by atoms with Crippen LogP contribution in [0.4, 0.5) is 11.5 Å². The number of hydrogen-bond donors (Lipinski definition) is 0. The number of aryl methyl sites for hydroxylation is 1. The van der Waals surface area contributed by atoms with E-state index in [1.54, 1.807) is 0 Å². The normalized spacial score (nSPS) is 13.8. The van der Waals surface area contributed by atoms with Gasteiger partial charge < -0.3 is 9.38 Å². The van der Waals surface area contributed by atoms with Crippen molar-refractivity contribution in [2.45, 2.75) is 44.6 Å². The van der Waals surface area contributed by atoms with E-state index in [1.807, 2.05) is 11.8 Å². The lowest BCUT2D eigenvalue weighted by Crippen LogP contribution is -2.44. The summed E-state index contributed by atoms with van der Waals surface area (Å²) in [6, 6.07) is 39.9. The summed E-state index contributed by atoms with van der Waals surface area (Å²) in [5.41, 5.74) is 7.72. The molecule has 2 heterocycles. The zero-order valence-corrected chi connectivity index (χ0v) is 28.9. The first-order chi connectivity index (χ1) is 22.3. The van der Waals surface area contributed by atoms with Crippen LogP contribution in [0.5, 0.6) is 0 Å². The number of benzene rings is 4. The number of unbranched alkanes of at least 4 members (excludes halogenated alkanes) is 1. The van der Waals surface area contributed by atoms with E-state index >= 15 is 0 Å². The molecular formula is C41H48N4S+2. The Morgan fingerprint density at radius 3 is 2.35 bits per heavy atom. The number of nitrogens with zero attached hydrogens (tertiary/aromatic N) is 4. The summed E-state index contributed by atoms with van der Waals surface area (Å²) < 4.78 is 3.46. The molecule has 0 N–H and O–H groups in total. The number of fused-ring (bicyclic) bond motifs is 2. The molecule has 5 aromatic rings. The van der Waals surface area contributed by atoms with Gasteiger partial charge in [-0.3, -0.25) is 4.90 Å². The number of aromatic nitrogens is 1. The molecule has 5 heteroatoms. The van der Waals surface area contributed by atoms with Gasteiger partial charge in [0.15, 0.2) is 0 Å². The number of para-hydroxylation sites is 3. The second-order valence-corrected chi connectivity index (χ2v) is 14.3. The Morgan fingerprint density at radius 1 is 0.826 bits per heavy atom. The highest BCUT2D eigenvalue weighted by atomic mass is 32.2. The fraction of sp³-hybridized carbons (Fsp3) is 0.293. The maximum atomic E-state index is 2.65. The van der Waals surface area contributed by atoms with Crippen LogP contribution >= 0.6 is 11.8 Å². The van der Waals surface area contributed by atoms with Crippen molar-refractivity contribution in [3.8, 4) is 5.69 Å². The number of pyridine rings is 1. The first-order valence-electron chi connectivity index (χ1n) is 16.7. The largest absolute Gasteiger partial charge is 0.338 e. The third-order valence-corrected chi connectivity index (χ3v) is 10.2. The van der Waals surface area contributed by atoms with E-state index in [0.717, 1.165) is 43.5 Å². The zero-order valence-electron chi connectivity index (χ0n) is 28.1. The van der Waals surface area contributed by atoms with Crippen LogP contribution in [0.15, 0.2) is 119 Å². The Hall–Kier alpha value is -4.06. The molecule has 1 aliphatic rings. The van der Waals surface area contributed by atoms with Crippen LogP contribution in [0.2, 0.25) is 0 Å². The summed E-state index contributed by atoms with van der Waals surface area (Å²) in [4.78, 5) is 6.29. The number of quaternary nitrogens is 1. The summed E-state index contributed by atoms with van der Waals surface area (Å²) in [5.74, 6) is 1.26. The van der Waals surface area contributed by atoms with Crippen molar-refractivity contribution in [3.63, 3.8) is 0 Å². The van der Waals surface area contributed by atoms with Crippen molar-refractivity contribution in [2.75, 3.05) is 50.6 Å². The summed E-state index contributed by atoms with van der Waals surface area (Å²) >= 11 is 1.86. The first-order valence-corrected chi connectivity index (χ1v) is 17.5. The van der Waals surface area contributed by atoms with Crippen molar-refractivity contribution in [1.82, 2.24) is 0 Å².